The number of nitrogens with two attached hydrogens (primary N) is 1. The molecule has 0 saturated heterocycles. The van der Waals surface area contributed by atoms with Crippen molar-refractivity contribution in [1.29, 1.82) is 0 Å². The fourth-order valence-electron chi connectivity index (χ4n) is 2.05. The zero-order valence-corrected chi connectivity index (χ0v) is 11.4. The van der Waals surface area contributed by atoms with Gasteiger partial charge in [-0.15, -0.1) is 0 Å². The minimum atomic E-state index is -5.06. The number of alkyl halides is 3. The predicted octanol–water partition coefficient (Wildman–Crippen LogP) is 1.26. The van der Waals surface area contributed by atoms with Gasteiger partial charge in [-0.3, -0.25) is 9.59 Å². The van der Waals surface area contributed by atoms with Crippen LogP contribution in [0.25, 0.3) is 0 Å². The Hall–Kier alpha value is -2.42. The van der Waals surface area contributed by atoms with Crippen LogP contribution in [-0.4, -0.2) is 39.5 Å². The molecule has 1 atom stereocenters. The highest BCUT2D eigenvalue weighted by Crippen LogP contribution is 2.40. The number of halogens is 3. The van der Waals surface area contributed by atoms with E-state index in [9.17, 15) is 27.9 Å². The van der Waals surface area contributed by atoms with Gasteiger partial charge in [0.2, 0.25) is 5.91 Å². The molecule has 9 heteroatoms. The van der Waals surface area contributed by atoms with Gasteiger partial charge in [-0.2, -0.15) is 23.3 Å². The Balaban J connectivity index is 2.36. The first-order valence-corrected chi connectivity index (χ1v) is 6.14. The second-order valence-electron chi connectivity index (χ2n) is 4.88. The highest BCUT2D eigenvalue weighted by atomic mass is 19.4. The summed E-state index contributed by atoms with van der Waals surface area (Å²) in [6, 6.07) is 4.69. The van der Waals surface area contributed by atoms with Crippen LogP contribution >= 0.6 is 0 Å². The summed E-state index contributed by atoms with van der Waals surface area (Å²) in [6.07, 6.45) is -5.88. The molecule has 1 heterocycles. The van der Waals surface area contributed by atoms with Gasteiger partial charge in [0.15, 0.2) is 0 Å². The average molecular weight is 315 g/mol. The number of carbonyl (C=O) groups is 2. The third-order valence-corrected chi connectivity index (χ3v) is 3.19. The summed E-state index contributed by atoms with van der Waals surface area (Å²) >= 11 is 0. The number of carbonyl (C=O) groups excluding carboxylic acids is 2. The van der Waals surface area contributed by atoms with Crippen molar-refractivity contribution in [3.05, 3.63) is 35.4 Å². The average Bonchev–Trinajstić information content (AvgIpc) is 2.74. The summed E-state index contributed by atoms with van der Waals surface area (Å²) in [5.41, 5.74) is 1.57. The predicted molar refractivity (Wildman–Crippen MR) is 69.9 cm³/mol. The van der Waals surface area contributed by atoms with Gasteiger partial charge in [0.1, 0.15) is 0 Å². The summed E-state index contributed by atoms with van der Waals surface area (Å²) in [6.45, 7) is 1.28. The van der Waals surface area contributed by atoms with Gasteiger partial charge < -0.3 is 10.8 Å². The monoisotopic (exact) mass is 315 g/mol. The lowest BCUT2D eigenvalue weighted by Gasteiger charge is -2.32. The Bertz CT molecular complexity index is 655. The van der Waals surface area contributed by atoms with Crippen LogP contribution in [0.5, 0.6) is 0 Å². The van der Waals surface area contributed by atoms with Gasteiger partial charge in [-0.25, -0.2) is 0 Å². The molecule has 1 aliphatic heterocycles. The number of aliphatic hydroxyl groups is 1. The molecule has 0 aliphatic carbocycles. The zero-order valence-electron chi connectivity index (χ0n) is 11.4. The third kappa shape index (κ3) is 2.54. The van der Waals surface area contributed by atoms with Crippen molar-refractivity contribution in [3.63, 3.8) is 0 Å². The molecule has 0 aromatic heterocycles. The Morgan fingerprint density at radius 2 is 1.77 bits per heavy atom. The Kier molecular flexibility index (Phi) is 3.69. The lowest BCUT2D eigenvalue weighted by Crippen LogP contribution is -2.56. The largest absolute Gasteiger partial charge is 0.438 e. The fraction of sp³-hybridized carbons (Fsp3) is 0.308. The van der Waals surface area contributed by atoms with Crippen molar-refractivity contribution in [2.75, 3.05) is 0 Å². The summed E-state index contributed by atoms with van der Waals surface area (Å²) in [5, 5.41) is 13.3. The maximum absolute atomic E-state index is 13.0. The van der Waals surface area contributed by atoms with Crippen molar-refractivity contribution >= 4 is 17.5 Å². The van der Waals surface area contributed by atoms with Crippen LogP contribution in [0, 0.1) is 0 Å². The number of hydrazone groups is 1. The van der Waals surface area contributed by atoms with E-state index in [4.69, 9.17) is 5.73 Å². The molecule has 2 amide bonds. The van der Waals surface area contributed by atoms with Crippen LogP contribution in [0.4, 0.5) is 13.2 Å². The van der Waals surface area contributed by atoms with Crippen LogP contribution in [-0.2, 0) is 0 Å². The second kappa shape index (κ2) is 5.09. The van der Waals surface area contributed by atoms with Gasteiger partial charge in [0.25, 0.3) is 11.6 Å². The molecule has 1 aromatic rings. The summed E-state index contributed by atoms with van der Waals surface area (Å²) in [7, 11) is 0. The lowest BCUT2D eigenvalue weighted by molar-refractivity contribution is -0.297. The number of rotatable bonds is 2. The molecule has 0 bridgehead atoms. The number of hydrogen-bond acceptors (Lipinski definition) is 4. The van der Waals surface area contributed by atoms with Gasteiger partial charge in [-0.05, 0) is 31.2 Å². The molecule has 2 rings (SSSR count). The van der Waals surface area contributed by atoms with E-state index in [1.54, 1.807) is 0 Å². The quantitative estimate of drug-likeness (QED) is 0.860. The van der Waals surface area contributed by atoms with E-state index in [1.807, 2.05) is 0 Å². The highest BCUT2D eigenvalue weighted by Gasteiger charge is 2.62. The number of benzene rings is 1. The van der Waals surface area contributed by atoms with E-state index < -0.39 is 30.1 Å². The normalized spacial score (nSPS) is 21.7. The van der Waals surface area contributed by atoms with E-state index in [-0.39, 0.29) is 21.8 Å². The van der Waals surface area contributed by atoms with Crippen LogP contribution < -0.4 is 5.73 Å². The Labute approximate surface area is 123 Å². The number of amides is 2. The van der Waals surface area contributed by atoms with Crippen LogP contribution in [0.3, 0.4) is 0 Å². The van der Waals surface area contributed by atoms with E-state index in [1.165, 1.54) is 19.1 Å². The van der Waals surface area contributed by atoms with E-state index >= 15 is 0 Å². The van der Waals surface area contributed by atoms with E-state index in [0.29, 0.717) is 0 Å². The molecule has 0 saturated carbocycles. The third-order valence-electron chi connectivity index (χ3n) is 3.19. The zero-order chi connectivity index (χ0) is 16.7. The molecule has 0 unspecified atom stereocenters. The Morgan fingerprint density at radius 3 is 2.23 bits per heavy atom. The van der Waals surface area contributed by atoms with E-state index in [2.05, 4.69) is 5.10 Å². The summed E-state index contributed by atoms with van der Waals surface area (Å²) in [5.74, 6) is -1.87. The molecule has 0 spiro atoms. The molecule has 0 fully saturated rings. The smallest absolute Gasteiger partial charge is 0.366 e. The van der Waals surface area contributed by atoms with Crippen LogP contribution in [0.1, 0.15) is 34.1 Å². The van der Waals surface area contributed by atoms with Gasteiger partial charge >= 0.3 is 6.18 Å². The maximum Gasteiger partial charge on any atom is 0.438 e. The van der Waals surface area contributed by atoms with Gasteiger partial charge in [0, 0.05) is 23.3 Å². The fourth-order valence-corrected chi connectivity index (χ4v) is 2.05. The SMILES string of the molecule is CC1=NN(C(=O)c2ccc(C(N)=O)cc2)[C@](O)(C(F)(F)F)C1. The molecule has 1 aliphatic rings. The second-order valence-corrected chi connectivity index (χ2v) is 4.88. The minimum absolute atomic E-state index is 0.0155. The maximum atomic E-state index is 13.0. The Morgan fingerprint density at radius 1 is 1.27 bits per heavy atom. The topological polar surface area (TPSA) is 96.0 Å². The summed E-state index contributed by atoms with van der Waals surface area (Å²) in [4.78, 5) is 23.1. The molecular formula is C13H12F3N3O3. The molecule has 3 N–H and O–H groups in total. The molecule has 1 aromatic carbocycles. The summed E-state index contributed by atoms with van der Waals surface area (Å²) < 4.78 is 39.1. The lowest BCUT2D eigenvalue weighted by atomic mass is 10.1. The minimum Gasteiger partial charge on any atom is -0.366 e. The standard InChI is InChI=1S/C13H12F3N3O3/c1-7-6-12(22,13(14,15)16)19(18-7)11(21)9-4-2-8(3-5-9)10(17)20/h2-5,22H,6H2,1H3,(H2,17,20)/t12-/m1/s1. The molecule has 0 radical (unpaired) electrons. The van der Waals surface area contributed by atoms with Crippen molar-refractivity contribution in [1.82, 2.24) is 5.01 Å². The first-order chi connectivity index (χ1) is 10.1. The van der Waals surface area contributed by atoms with Crippen molar-refractivity contribution in [3.8, 4) is 0 Å². The molecular weight excluding hydrogens is 303 g/mol. The van der Waals surface area contributed by atoms with Crippen LogP contribution in [0.15, 0.2) is 29.4 Å². The molecule has 22 heavy (non-hydrogen) atoms. The molecule has 6 nitrogen and oxygen atoms in total. The number of nitrogens with zero attached hydrogens (tertiary/aromatic N) is 2. The number of hydrogen-bond donors (Lipinski definition) is 2. The van der Waals surface area contributed by atoms with Crippen molar-refractivity contribution in [2.24, 2.45) is 10.8 Å². The molecule has 118 valence electrons. The van der Waals surface area contributed by atoms with Crippen molar-refractivity contribution < 1.29 is 27.9 Å². The van der Waals surface area contributed by atoms with E-state index in [0.717, 1.165) is 12.1 Å². The van der Waals surface area contributed by atoms with Gasteiger partial charge in [0.05, 0.1) is 0 Å². The highest BCUT2D eigenvalue weighted by molar-refractivity contribution is 5.99. The first-order valence-electron chi connectivity index (χ1n) is 6.14. The number of primary amides is 1. The van der Waals surface area contributed by atoms with Crippen LogP contribution in [0.2, 0.25) is 0 Å². The van der Waals surface area contributed by atoms with Crippen molar-refractivity contribution in [2.45, 2.75) is 25.2 Å². The van der Waals surface area contributed by atoms with Gasteiger partial charge in [-0.1, -0.05) is 0 Å². The first kappa shape index (κ1) is 16.0.